The second-order valence-corrected chi connectivity index (χ2v) is 6.56. The number of anilines is 2. The summed E-state index contributed by atoms with van der Waals surface area (Å²) in [5, 5.41) is 7.72. The summed E-state index contributed by atoms with van der Waals surface area (Å²) >= 11 is 0. The van der Waals surface area contributed by atoms with Crippen LogP contribution in [-0.2, 0) is 11.3 Å². The summed E-state index contributed by atoms with van der Waals surface area (Å²) in [7, 11) is 0. The molecule has 0 amide bonds. The molecule has 1 aliphatic rings. The molecule has 1 atom stereocenters. The molecule has 1 N–H and O–H groups in total. The molecule has 8 nitrogen and oxygen atoms in total. The van der Waals surface area contributed by atoms with E-state index in [2.05, 4.69) is 25.4 Å². The lowest BCUT2D eigenvalue weighted by Crippen LogP contribution is -2.15. The van der Waals surface area contributed by atoms with Gasteiger partial charge in [-0.15, -0.1) is 0 Å². The lowest BCUT2D eigenvalue weighted by molar-refractivity contribution is 0.0940. The van der Waals surface area contributed by atoms with Crippen LogP contribution in [0.5, 0.6) is 0 Å². The number of hydrogen-bond acceptors (Lipinski definition) is 6. The molecule has 1 fully saturated rings. The molecule has 8 heteroatoms. The Balaban J connectivity index is 1.41. The topological polar surface area (TPSA) is 82.7 Å². The third-order valence-corrected chi connectivity index (χ3v) is 4.68. The van der Waals surface area contributed by atoms with Crippen LogP contribution in [0.3, 0.4) is 0 Å². The predicted molar refractivity (Wildman–Crippen MR) is 101 cm³/mol. The molecule has 5 rings (SSSR count). The SMILES string of the molecule is c1ccc(-n2cnc3c(Nc4cnn(C[C@H]5CCCO5)c4)ncnc32)cc1. The Hall–Kier alpha value is -3.26. The summed E-state index contributed by atoms with van der Waals surface area (Å²) in [5.41, 5.74) is 3.34. The summed E-state index contributed by atoms with van der Waals surface area (Å²) in [6, 6.07) is 10.0. The van der Waals surface area contributed by atoms with Crippen molar-refractivity contribution >= 4 is 22.7 Å². The number of nitrogens with one attached hydrogen (secondary N) is 1. The van der Waals surface area contributed by atoms with Gasteiger partial charge in [-0.05, 0) is 25.0 Å². The van der Waals surface area contributed by atoms with Gasteiger partial charge in [0.2, 0.25) is 0 Å². The van der Waals surface area contributed by atoms with Crippen LogP contribution in [0.25, 0.3) is 16.9 Å². The fourth-order valence-electron chi connectivity index (χ4n) is 3.37. The Labute approximate surface area is 155 Å². The van der Waals surface area contributed by atoms with Gasteiger partial charge in [-0.25, -0.2) is 15.0 Å². The van der Waals surface area contributed by atoms with E-state index in [1.54, 1.807) is 18.9 Å². The van der Waals surface area contributed by atoms with Gasteiger partial charge in [0.1, 0.15) is 12.7 Å². The highest BCUT2D eigenvalue weighted by atomic mass is 16.5. The van der Waals surface area contributed by atoms with E-state index in [9.17, 15) is 0 Å². The highest BCUT2D eigenvalue weighted by molar-refractivity contribution is 5.85. The first kappa shape index (κ1) is 16.0. The second kappa shape index (κ2) is 6.81. The summed E-state index contributed by atoms with van der Waals surface area (Å²) in [5.74, 6) is 0.659. The van der Waals surface area contributed by atoms with Crippen LogP contribution < -0.4 is 5.32 Å². The Morgan fingerprint density at radius 2 is 2.07 bits per heavy atom. The summed E-state index contributed by atoms with van der Waals surface area (Å²) in [4.78, 5) is 13.3. The fraction of sp³-hybridized carbons (Fsp3) is 0.263. The Bertz CT molecular complexity index is 1050. The standard InChI is InChI=1S/C19H19N7O/c1-2-5-15(6-3-1)26-13-22-17-18(20-12-21-19(17)26)24-14-9-23-25(10-14)11-16-7-4-8-27-16/h1-3,5-6,9-10,12-13,16H,4,7-8,11H2,(H,20,21,24)/t16-/m1/s1. The summed E-state index contributed by atoms with van der Waals surface area (Å²) in [6.07, 6.45) is 9.53. The first-order valence-corrected chi connectivity index (χ1v) is 9.01. The number of imidazole rings is 1. The molecule has 0 radical (unpaired) electrons. The molecular formula is C19H19N7O. The van der Waals surface area contributed by atoms with Crippen LogP contribution in [0.1, 0.15) is 12.8 Å². The van der Waals surface area contributed by atoms with E-state index in [1.165, 1.54) is 0 Å². The molecule has 27 heavy (non-hydrogen) atoms. The normalized spacial score (nSPS) is 16.8. The van der Waals surface area contributed by atoms with E-state index in [0.29, 0.717) is 11.3 Å². The van der Waals surface area contributed by atoms with Crippen LogP contribution in [-0.4, -0.2) is 42.0 Å². The van der Waals surface area contributed by atoms with Crippen molar-refractivity contribution in [1.82, 2.24) is 29.3 Å². The number of aromatic nitrogens is 6. The van der Waals surface area contributed by atoms with E-state index in [1.807, 2.05) is 45.8 Å². The number of ether oxygens (including phenoxy) is 1. The molecule has 0 unspecified atom stereocenters. The second-order valence-electron chi connectivity index (χ2n) is 6.56. The van der Waals surface area contributed by atoms with Crippen molar-refractivity contribution in [3.05, 3.63) is 55.4 Å². The Kier molecular flexibility index (Phi) is 4.02. The fourth-order valence-corrected chi connectivity index (χ4v) is 3.37. The third-order valence-electron chi connectivity index (χ3n) is 4.68. The van der Waals surface area contributed by atoms with Crippen molar-refractivity contribution in [3.63, 3.8) is 0 Å². The molecule has 136 valence electrons. The number of nitrogens with zero attached hydrogens (tertiary/aromatic N) is 6. The summed E-state index contributed by atoms with van der Waals surface area (Å²) < 4.78 is 9.52. The molecule has 4 aromatic rings. The molecule has 4 heterocycles. The van der Waals surface area contributed by atoms with Gasteiger partial charge in [-0.1, -0.05) is 18.2 Å². The number of benzene rings is 1. The van der Waals surface area contributed by atoms with Crippen molar-refractivity contribution < 1.29 is 4.74 Å². The minimum Gasteiger partial charge on any atom is -0.376 e. The van der Waals surface area contributed by atoms with Crippen molar-refractivity contribution in [3.8, 4) is 5.69 Å². The minimum absolute atomic E-state index is 0.255. The number of fused-ring (bicyclic) bond motifs is 1. The zero-order valence-corrected chi connectivity index (χ0v) is 14.7. The average molecular weight is 361 g/mol. The van der Waals surface area contributed by atoms with Gasteiger partial charge in [0, 0.05) is 18.5 Å². The molecule has 1 saturated heterocycles. The predicted octanol–water partition coefficient (Wildman–Crippen LogP) is 2.93. The quantitative estimate of drug-likeness (QED) is 0.588. The van der Waals surface area contributed by atoms with E-state index in [-0.39, 0.29) is 6.10 Å². The van der Waals surface area contributed by atoms with E-state index < -0.39 is 0 Å². The Morgan fingerprint density at radius 3 is 2.93 bits per heavy atom. The summed E-state index contributed by atoms with van der Waals surface area (Å²) in [6.45, 7) is 1.61. The Morgan fingerprint density at radius 1 is 1.15 bits per heavy atom. The molecule has 0 saturated carbocycles. The van der Waals surface area contributed by atoms with E-state index in [4.69, 9.17) is 4.74 Å². The number of para-hydroxylation sites is 1. The van der Waals surface area contributed by atoms with Gasteiger partial charge in [0.25, 0.3) is 0 Å². The lowest BCUT2D eigenvalue weighted by atomic mass is 10.2. The maximum absolute atomic E-state index is 5.67. The zero-order chi connectivity index (χ0) is 18.1. The molecule has 3 aromatic heterocycles. The molecule has 0 spiro atoms. The van der Waals surface area contributed by atoms with E-state index >= 15 is 0 Å². The van der Waals surface area contributed by atoms with Crippen molar-refractivity contribution in [2.45, 2.75) is 25.5 Å². The lowest BCUT2D eigenvalue weighted by Gasteiger charge is -2.08. The van der Waals surface area contributed by atoms with Gasteiger partial charge >= 0.3 is 0 Å². The highest BCUT2D eigenvalue weighted by Crippen LogP contribution is 2.24. The average Bonchev–Trinajstić information content (AvgIpc) is 3.44. The monoisotopic (exact) mass is 361 g/mol. The third kappa shape index (κ3) is 3.15. The smallest absolute Gasteiger partial charge is 0.170 e. The van der Waals surface area contributed by atoms with Crippen molar-refractivity contribution in [1.29, 1.82) is 0 Å². The molecule has 1 aromatic carbocycles. The van der Waals surface area contributed by atoms with Crippen molar-refractivity contribution in [2.75, 3.05) is 11.9 Å². The first-order chi connectivity index (χ1) is 13.4. The molecule has 0 bridgehead atoms. The molecule has 1 aliphatic heterocycles. The highest BCUT2D eigenvalue weighted by Gasteiger charge is 2.17. The first-order valence-electron chi connectivity index (χ1n) is 9.01. The van der Waals surface area contributed by atoms with Crippen LogP contribution in [0.15, 0.2) is 55.4 Å². The van der Waals surface area contributed by atoms with Crippen LogP contribution in [0.2, 0.25) is 0 Å². The number of hydrogen-bond donors (Lipinski definition) is 1. The van der Waals surface area contributed by atoms with Crippen LogP contribution >= 0.6 is 0 Å². The van der Waals surface area contributed by atoms with Gasteiger partial charge in [0.05, 0.1) is 24.5 Å². The zero-order valence-electron chi connectivity index (χ0n) is 14.7. The molecule has 0 aliphatic carbocycles. The minimum atomic E-state index is 0.255. The van der Waals surface area contributed by atoms with Crippen LogP contribution in [0, 0.1) is 0 Å². The van der Waals surface area contributed by atoms with Crippen molar-refractivity contribution in [2.24, 2.45) is 0 Å². The van der Waals surface area contributed by atoms with Crippen LogP contribution in [0.4, 0.5) is 11.5 Å². The van der Waals surface area contributed by atoms with Gasteiger partial charge in [-0.3, -0.25) is 9.25 Å². The van der Waals surface area contributed by atoms with Gasteiger partial charge < -0.3 is 10.1 Å². The maximum atomic E-state index is 5.67. The van der Waals surface area contributed by atoms with E-state index in [0.717, 1.165) is 43.0 Å². The number of rotatable bonds is 5. The largest absolute Gasteiger partial charge is 0.376 e. The van der Waals surface area contributed by atoms with Gasteiger partial charge in [-0.2, -0.15) is 5.10 Å². The van der Waals surface area contributed by atoms with Gasteiger partial charge in [0.15, 0.2) is 17.0 Å². The maximum Gasteiger partial charge on any atom is 0.170 e. The molecular weight excluding hydrogens is 342 g/mol.